The zero-order valence-corrected chi connectivity index (χ0v) is 13.7. The van der Waals surface area contributed by atoms with Gasteiger partial charge in [0.05, 0.1) is 21.2 Å². The molecule has 0 spiro atoms. The van der Waals surface area contributed by atoms with Crippen molar-refractivity contribution in [2.75, 3.05) is 24.0 Å². The second kappa shape index (κ2) is 5.29. The molecule has 2 aromatic carbocycles. The van der Waals surface area contributed by atoms with Crippen LogP contribution in [0.25, 0.3) is 11.1 Å². The molecule has 8 heteroatoms. The number of nitrogens with two attached hydrogens (primary N) is 2. The van der Waals surface area contributed by atoms with Crippen LogP contribution >= 0.6 is 0 Å². The predicted octanol–water partition coefficient (Wildman–Crippen LogP) is 1.33. The molecule has 0 unspecified atom stereocenters. The van der Waals surface area contributed by atoms with Crippen LogP contribution in [-0.2, 0) is 19.7 Å². The number of rotatable bonds is 3. The maximum Gasteiger partial charge on any atom is 0.177 e. The van der Waals surface area contributed by atoms with Gasteiger partial charge in [0, 0.05) is 12.5 Å². The number of anilines is 2. The van der Waals surface area contributed by atoms with E-state index in [1.165, 1.54) is 24.3 Å². The first-order valence-electron chi connectivity index (χ1n) is 6.19. The van der Waals surface area contributed by atoms with Crippen molar-refractivity contribution in [1.29, 1.82) is 0 Å². The number of benzene rings is 2. The smallest absolute Gasteiger partial charge is 0.177 e. The van der Waals surface area contributed by atoms with Gasteiger partial charge in [-0.25, -0.2) is 16.8 Å². The van der Waals surface area contributed by atoms with Crippen molar-refractivity contribution in [3.8, 4) is 11.1 Å². The number of hydrogen-bond acceptors (Lipinski definition) is 6. The molecular weight excluding hydrogens is 324 g/mol. The van der Waals surface area contributed by atoms with Crippen molar-refractivity contribution < 1.29 is 16.8 Å². The molecule has 22 heavy (non-hydrogen) atoms. The van der Waals surface area contributed by atoms with Crippen LogP contribution in [0.15, 0.2) is 46.2 Å². The molecule has 0 saturated heterocycles. The van der Waals surface area contributed by atoms with Gasteiger partial charge in [-0.3, -0.25) is 0 Å². The lowest BCUT2D eigenvalue weighted by atomic mass is 10.1. The van der Waals surface area contributed by atoms with Gasteiger partial charge in [-0.1, -0.05) is 12.1 Å². The molecule has 4 N–H and O–H groups in total. The standard InChI is InChI=1S/C14H16N2O4S2/c1-21(17,18)13-7-9(3-5-11(13)15)10-4-6-12(16)14(8-10)22(2,19)20/h3-8H,15-16H2,1-2H3. The Morgan fingerprint density at radius 2 is 1.00 bits per heavy atom. The quantitative estimate of drug-likeness (QED) is 0.813. The first-order valence-corrected chi connectivity index (χ1v) is 9.98. The van der Waals surface area contributed by atoms with Gasteiger partial charge >= 0.3 is 0 Å². The maximum absolute atomic E-state index is 11.7. The highest BCUT2D eigenvalue weighted by molar-refractivity contribution is 7.91. The third-order valence-electron chi connectivity index (χ3n) is 3.16. The highest BCUT2D eigenvalue weighted by Gasteiger charge is 2.16. The highest BCUT2D eigenvalue weighted by atomic mass is 32.2. The second-order valence-electron chi connectivity index (χ2n) is 5.05. The normalized spacial score (nSPS) is 12.3. The number of nitrogen functional groups attached to an aromatic ring is 2. The average molecular weight is 340 g/mol. The van der Waals surface area contributed by atoms with E-state index in [2.05, 4.69) is 0 Å². The molecule has 0 aliphatic heterocycles. The molecule has 0 aliphatic rings. The third kappa shape index (κ3) is 3.23. The topological polar surface area (TPSA) is 120 Å². The van der Waals surface area contributed by atoms with Crippen molar-refractivity contribution in [2.45, 2.75) is 9.79 Å². The van der Waals surface area contributed by atoms with Crippen LogP contribution in [0.3, 0.4) is 0 Å². The van der Waals surface area contributed by atoms with Crippen LogP contribution in [-0.4, -0.2) is 29.3 Å². The second-order valence-corrected chi connectivity index (χ2v) is 9.02. The molecule has 0 radical (unpaired) electrons. The fourth-order valence-electron chi connectivity index (χ4n) is 2.07. The summed E-state index contributed by atoms with van der Waals surface area (Å²) in [5.41, 5.74) is 12.7. The molecular formula is C14H16N2O4S2. The fourth-order valence-corrected chi connectivity index (χ4v) is 3.74. The van der Waals surface area contributed by atoms with E-state index in [4.69, 9.17) is 11.5 Å². The van der Waals surface area contributed by atoms with Gasteiger partial charge in [-0.2, -0.15) is 0 Å². The van der Waals surface area contributed by atoms with Crippen LogP contribution in [0, 0.1) is 0 Å². The van der Waals surface area contributed by atoms with E-state index in [9.17, 15) is 16.8 Å². The molecule has 6 nitrogen and oxygen atoms in total. The molecule has 0 saturated carbocycles. The Bertz CT molecular complexity index is 869. The summed E-state index contributed by atoms with van der Waals surface area (Å²) in [7, 11) is -6.96. The Kier molecular flexibility index (Phi) is 3.92. The van der Waals surface area contributed by atoms with Gasteiger partial charge in [0.1, 0.15) is 0 Å². The summed E-state index contributed by atoms with van der Waals surface area (Å²) in [5, 5.41) is 0. The highest BCUT2D eigenvalue weighted by Crippen LogP contribution is 2.30. The van der Waals surface area contributed by atoms with Gasteiger partial charge in [0.25, 0.3) is 0 Å². The first kappa shape index (κ1) is 16.3. The van der Waals surface area contributed by atoms with Crippen molar-refractivity contribution in [2.24, 2.45) is 0 Å². The molecule has 2 rings (SSSR count). The minimum absolute atomic E-state index is 0.00253. The van der Waals surface area contributed by atoms with E-state index in [0.717, 1.165) is 12.5 Å². The Balaban J connectivity index is 2.69. The lowest BCUT2D eigenvalue weighted by Crippen LogP contribution is -2.04. The molecule has 0 amide bonds. The molecule has 0 atom stereocenters. The van der Waals surface area contributed by atoms with Crippen molar-refractivity contribution in [1.82, 2.24) is 0 Å². The van der Waals surface area contributed by atoms with Gasteiger partial charge in [0.2, 0.25) is 0 Å². The molecule has 0 bridgehead atoms. The molecule has 0 heterocycles. The minimum Gasteiger partial charge on any atom is -0.398 e. The van der Waals surface area contributed by atoms with Crippen molar-refractivity contribution in [3.05, 3.63) is 36.4 Å². The minimum atomic E-state index is -3.48. The van der Waals surface area contributed by atoms with Gasteiger partial charge < -0.3 is 11.5 Å². The zero-order chi connectivity index (χ0) is 16.7. The number of sulfone groups is 2. The Morgan fingerprint density at radius 3 is 1.27 bits per heavy atom. The van der Waals surface area contributed by atoms with Gasteiger partial charge in [-0.05, 0) is 35.4 Å². The van der Waals surface area contributed by atoms with Gasteiger partial charge in [-0.15, -0.1) is 0 Å². The first-order chi connectivity index (χ1) is 10.00. The summed E-state index contributed by atoms with van der Waals surface area (Å²) in [4.78, 5) is 0.00506. The lowest BCUT2D eigenvalue weighted by Gasteiger charge is -2.10. The van der Waals surface area contributed by atoms with E-state index in [1.807, 2.05) is 0 Å². The summed E-state index contributed by atoms with van der Waals surface area (Å²) in [5.74, 6) is 0. The van der Waals surface area contributed by atoms with Crippen molar-refractivity contribution >= 4 is 31.0 Å². The lowest BCUT2D eigenvalue weighted by molar-refractivity contribution is 0.600. The van der Waals surface area contributed by atoms with Crippen molar-refractivity contribution in [3.63, 3.8) is 0 Å². The predicted molar refractivity (Wildman–Crippen MR) is 86.9 cm³/mol. The SMILES string of the molecule is CS(=O)(=O)c1cc(-c2ccc(N)c(S(C)(=O)=O)c2)ccc1N. The summed E-state index contributed by atoms with van der Waals surface area (Å²) < 4.78 is 46.9. The number of hydrogen-bond donors (Lipinski definition) is 2. The Hall–Kier alpha value is -2.06. The third-order valence-corrected chi connectivity index (χ3v) is 5.46. The Morgan fingerprint density at radius 1 is 0.682 bits per heavy atom. The zero-order valence-electron chi connectivity index (χ0n) is 12.1. The largest absolute Gasteiger partial charge is 0.398 e. The molecule has 118 valence electrons. The van der Waals surface area contributed by atoms with Crippen LogP contribution in [0.5, 0.6) is 0 Å². The molecule has 2 aromatic rings. The molecule has 0 aliphatic carbocycles. The maximum atomic E-state index is 11.7. The fraction of sp³-hybridized carbons (Fsp3) is 0.143. The molecule has 0 aromatic heterocycles. The van der Waals surface area contributed by atoms with E-state index >= 15 is 0 Å². The van der Waals surface area contributed by atoms with Crippen LogP contribution < -0.4 is 11.5 Å². The van der Waals surface area contributed by atoms with Crippen LogP contribution in [0.4, 0.5) is 11.4 Å². The van der Waals surface area contributed by atoms with E-state index < -0.39 is 19.7 Å². The monoisotopic (exact) mass is 340 g/mol. The summed E-state index contributed by atoms with van der Waals surface area (Å²) >= 11 is 0. The Labute approximate surface area is 129 Å². The van der Waals surface area contributed by atoms with E-state index in [1.54, 1.807) is 12.1 Å². The summed E-state index contributed by atoms with van der Waals surface area (Å²) in [6.07, 6.45) is 2.13. The molecule has 0 fully saturated rings. The summed E-state index contributed by atoms with van der Waals surface area (Å²) in [6.45, 7) is 0. The van der Waals surface area contributed by atoms with E-state index in [-0.39, 0.29) is 21.2 Å². The average Bonchev–Trinajstić information content (AvgIpc) is 2.37. The van der Waals surface area contributed by atoms with Crippen LogP contribution in [0.2, 0.25) is 0 Å². The van der Waals surface area contributed by atoms with Crippen LogP contribution in [0.1, 0.15) is 0 Å². The summed E-state index contributed by atoms with van der Waals surface area (Å²) in [6, 6.07) is 9.04. The van der Waals surface area contributed by atoms with E-state index in [0.29, 0.717) is 11.1 Å². The van der Waals surface area contributed by atoms with Gasteiger partial charge in [0.15, 0.2) is 19.7 Å².